The SMILES string of the molecule is O=C(O)CCNC(=O)c1cccc2c1OCCN2. The molecule has 0 saturated carbocycles. The fourth-order valence-electron chi connectivity index (χ4n) is 1.73. The molecule has 0 atom stereocenters. The van der Waals surface area contributed by atoms with Gasteiger partial charge >= 0.3 is 5.97 Å². The lowest BCUT2D eigenvalue weighted by Crippen LogP contribution is -2.28. The Labute approximate surface area is 104 Å². The van der Waals surface area contributed by atoms with Crippen LogP contribution in [0.4, 0.5) is 5.69 Å². The van der Waals surface area contributed by atoms with Gasteiger partial charge in [0.15, 0.2) is 5.75 Å². The Morgan fingerprint density at radius 2 is 2.28 bits per heavy atom. The lowest BCUT2D eigenvalue weighted by atomic mass is 10.1. The number of carbonyl (C=O) groups is 2. The highest BCUT2D eigenvalue weighted by Crippen LogP contribution is 2.30. The lowest BCUT2D eigenvalue weighted by molar-refractivity contribution is -0.136. The number of benzene rings is 1. The van der Waals surface area contributed by atoms with Crippen LogP contribution in [-0.4, -0.2) is 36.7 Å². The number of ether oxygens (including phenoxy) is 1. The van der Waals surface area contributed by atoms with E-state index >= 15 is 0 Å². The number of para-hydroxylation sites is 1. The summed E-state index contributed by atoms with van der Waals surface area (Å²) in [7, 11) is 0. The highest BCUT2D eigenvalue weighted by atomic mass is 16.5. The zero-order valence-electron chi connectivity index (χ0n) is 9.73. The van der Waals surface area contributed by atoms with Gasteiger partial charge in [-0.3, -0.25) is 9.59 Å². The van der Waals surface area contributed by atoms with Gasteiger partial charge in [-0.1, -0.05) is 6.07 Å². The highest BCUT2D eigenvalue weighted by Gasteiger charge is 2.18. The average molecular weight is 250 g/mol. The zero-order valence-corrected chi connectivity index (χ0v) is 9.73. The summed E-state index contributed by atoms with van der Waals surface area (Å²) in [5.74, 6) is -0.739. The normalized spacial score (nSPS) is 12.9. The van der Waals surface area contributed by atoms with Crippen LogP contribution in [0.15, 0.2) is 18.2 Å². The molecule has 1 aliphatic rings. The van der Waals surface area contributed by atoms with E-state index in [4.69, 9.17) is 9.84 Å². The van der Waals surface area contributed by atoms with Crippen molar-refractivity contribution in [3.8, 4) is 5.75 Å². The summed E-state index contributed by atoms with van der Waals surface area (Å²) in [6.07, 6.45) is -0.0974. The molecular formula is C12H14N2O4. The van der Waals surface area contributed by atoms with E-state index in [9.17, 15) is 9.59 Å². The third kappa shape index (κ3) is 2.71. The molecule has 0 bridgehead atoms. The van der Waals surface area contributed by atoms with E-state index in [1.165, 1.54) is 0 Å². The number of carbonyl (C=O) groups excluding carboxylic acids is 1. The second kappa shape index (κ2) is 5.39. The minimum atomic E-state index is -0.941. The minimum absolute atomic E-state index is 0.0974. The van der Waals surface area contributed by atoms with Crippen LogP contribution in [0.1, 0.15) is 16.8 Å². The third-order valence-corrected chi connectivity index (χ3v) is 2.55. The van der Waals surface area contributed by atoms with Crippen LogP contribution in [0, 0.1) is 0 Å². The summed E-state index contributed by atoms with van der Waals surface area (Å²) < 4.78 is 5.46. The number of nitrogens with one attached hydrogen (secondary N) is 2. The topological polar surface area (TPSA) is 87.7 Å². The van der Waals surface area contributed by atoms with Crippen molar-refractivity contribution in [3.63, 3.8) is 0 Å². The van der Waals surface area contributed by atoms with Crippen LogP contribution in [0.25, 0.3) is 0 Å². The number of anilines is 1. The number of fused-ring (bicyclic) bond motifs is 1. The van der Waals surface area contributed by atoms with Crippen molar-refractivity contribution in [2.24, 2.45) is 0 Å². The quantitative estimate of drug-likeness (QED) is 0.732. The maximum absolute atomic E-state index is 11.9. The standard InChI is InChI=1S/C12H14N2O4/c15-10(16)4-5-14-12(17)8-2-1-3-9-11(8)18-7-6-13-9/h1-3,13H,4-7H2,(H,14,17)(H,15,16). The Bertz CT molecular complexity index is 473. The molecule has 96 valence electrons. The molecule has 0 aliphatic carbocycles. The zero-order chi connectivity index (χ0) is 13.0. The van der Waals surface area contributed by atoms with Gasteiger partial charge in [-0.05, 0) is 12.1 Å². The van der Waals surface area contributed by atoms with Gasteiger partial charge in [0.05, 0.1) is 17.7 Å². The summed E-state index contributed by atoms with van der Waals surface area (Å²) in [6, 6.07) is 5.25. The Balaban J connectivity index is 2.08. The number of amides is 1. The van der Waals surface area contributed by atoms with E-state index in [0.29, 0.717) is 24.5 Å². The lowest BCUT2D eigenvalue weighted by Gasteiger charge is -2.21. The first-order valence-corrected chi connectivity index (χ1v) is 5.68. The molecule has 3 N–H and O–H groups in total. The predicted octanol–water partition coefficient (Wildman–Crippen LogP) is 0.695. The molecule has 6 heteroatoms. The molecule has 18 heavy (non-hydrogen) atoms. The Kier molecular flexibility index (Phi) is 3.66. The molecule has 0 unspecified atom stereocenters. The first kappa shape index (κ1) is 12.2. The summed E-state index contributed by atoms with van der Waals surface area (Å²) in [4.78, 5) is 22.3. The number of aliphatic carboxylic acids is 1. The highest BCUT2D eigenvalue weighted by molar-refractivity contribution is 5.99. The molecule has 0 aromatic heterocycles. The van der Waals surface area contributed by atoms with Crippen molar-refractivity contribution >= 4 is 17.6 Å². The molecule has 1 amide bonds. The molecule has 6 nitrogen and oxygen atoms in total. The Hall–Kier alpha value is -2.24. The van der Waals surface area contributed by atoms with Gasteiger partial charge in [-0.25, -0.2) is 0 Å². The molecule has 1 aromatic carbocycles. The molecule has 2 rings (SSSR count). The van der Waals surface area contributed by atoms with Crippen molar-refractivity contribution in [1.82, 2.24) is 5.32 Å². The van der Waals surface area contributed by atoms with E-state index in [2.05, 4.69) is 10.6 Å². The molecule has 1 heterocycles. The molecule has 1 aliphatic heterocycles. The number of hydrogen-bond donors (Lipinski definition) is 3. The third-order valence-electron chi connectivity index (χ3n) is 2.55. The molecule has 1 aromatic rings. The largest absolute Gasteiger partial charge is 0.489 e. The average Bonchev–Trinajstić information content (AvgIpc) is 2.37. The summed E-state index contributed by atoms with van der Waals surface area (Å²) in [6.45, 7) is 1.31. The van der Waals surface area contributed by atoms with Crippen LogP contribution in [0.5, 0.6) is 5.75 Å². The van der Waals surface area contributed by atoms with Gasteiger partial charge in [0.1, 0.15) is 6.61 Å². The molecule has 0 fully saturated rings. The van der Waals surface area contributed by atoms with Crippen LogP contribution < -0.4 is 15.4 Å². The van der Waals surface area contributed by atoms with Crippen LogP contribution in [0.2, 0.25) is 0 Å². The van der Waals surface area contributed by atoms with Gasteiger partial charge in [0.2, 0.25) is 0 Å². The number of carboxylic acids is 1. The summed E-state index contributed by atoms with van der Waals surface area (Å²) in [5, 5.41) is 14.2. The van der Waals surface area contributed by atoms with Gasteiger partial charge in [-0.2, -0.15) is 0 Å². The second-order valence-corrected chi connectivity index (χ2v) is 3.86. The van der Waals surface area contributed by atoms with Gasteiger partial charge in [0, 0.05) is 13.1 Å². The van der Waals surface area contributed by atoms with Crippen molar-refractivity contribution < 1.29 is 19.4 Å². The van der Waals surface area contributed by atoms with Gasteiger partial charge < -0.3 is 20.5 Å². The van der Waals surface area contributed by atoms with E-state index in [0.717, 1.165) is 5.69 Å². The maximum Gasteiger partial charge on any atom is 0.305 e. The van der Waals surface area contributed by atoms with Crippen LogP contribution in [-0.2, 0) is 4.79 Å². The van der Waals surface area contributed by atoms with Crippen molar-refractivity contribution in [2.45, 2.75) is 6.42 Å². The van der Waals surface area contributed by atoms with E-state index in [1.807, 2.05) is 6.07 Å². The number of hydrogen-bond acceptors (Lipinski definition) is 4. The fourth-order valence-corrected chi connectivity index (χ4v) is 1.73. The van der Waals surface area contributed by atoms with E-state index < -0.39 is 5.97 Å². The van der Waals surface area contributed by atoms with Crippen molar-refractivity contribution in [1.29, 1.82) is 0 Å². The predicted molar refractivity (Wildman–Crippen MR) is 65.0 cm³/mol. The smallest absolute Gasteiger partial charge is 0.305 e. The Morgan fingerprint density at radius 1 is 1.44 bits per heavy atom. The summed E-state index contributed by atoms with van der Waals surface area (Å²) >= 11 is 0. The minimum Gasteiger partial charge on any atom is -0.489 e. The van der Waals surface area contributed by atoms with Gasteiger partial charge in [0.25, 0.3) is 5.91 Å². The van der Waals surface area contributed by atoms with Crippen molar-refractivity contribution in [3.05, 3.63) is 23.8 Å². The van der Waals surface area contributed by atoms with Crippen LogP contribution >= 0.6 is 0 Å². The van der Waals surface area contributed by atoms with E-state index in [-0.39, 0.29) is 18.9 Å². The van der Waals surface area contributed by atoms with Crippen LogP contribution in [0.3, 0.4) is 0 Å². The van der Waals surface area contributed by atoms with Crippen molar-refractivity contribution in [2.75, 3.05) is 25.0 Å². The molecular weight excluding hydrogens is 236 g/mol. The first-order chi connectivity index (χ1) is 8.68. The number of carboxylic acid groups (broad SMARTS) is 1. The van der Waals surface area contributed by atoms with Gasteiger partial charge in [-0.15, -0.1) is 0 Å². The monoisotopic (exact) mass is 250 g/mol. The maximum atomic E-state index is 11.9. The molecule has 0 spiro atoms. The molecule has 0 radical (unpaired) electrons. The second-order valence-electron chi connectivity index (χ2n) is 3.86. The number of rotatable bonds is 4. The molecule has 0 saturated heterocycles. The fraction of sp³-hybridized carbons (Fsp3) is 0.333. The van der Waals surface area contributed by atoms with E-state index in [1.54, 1.807) is 12.1 Å². The summed E-state index contributed by atoms with van der Waals surface area (Å²) in [5.41, 5.74) is 1.21. The first-order valence-electron chi connectivity index (χ1n) is 5.68. The Morgan fingerprint density at radius 3 is 3.06 bits per heavy atom.